The van der Waals surface area contributed by atoms with Crippen molar-refractivity contribution in [3.05, 3.63) is 27.9 Å². The Morgan fingerprint density at radius 3 is 2.95 bits per heavy atom. The van der Waals surface area contributed by atoms with E-state index in [0.717, 1.165) is 6.54 Å². The number of hydrogen-bond donors (Lipinski definition) is 1. The average molecular weight is 279 g/mol. The fourth-order valence-corrected chi connectivity index (χ4v) is 1.58. The third-order valence-corrected chi connectivity index (χ3v) is 2.69. The summed E-state index contributed by atoms with van der Waals surface area (Å²) < 4.78 is 4.96. The van der Waals surface area contributed by atoms with Gasteiger partial charge in [0.25, 0.3) is 0 Å². The van der Waals surface area contributed by atoms with Gasteiger partial charge in [-0.2, -0.15) is 5.26 Å². The molecule has 1 aromatic heterocycles. The van der Waals surface area contributed by atoms with Gasteiger partial charge < -0.3 is 15.0 Å². The van der Waals surface area contributed by atoms with Crippen molar-refractivity contribution in [3.8, 4) is 6.07 Å². The molecule has 8 heteroatoms. The summed E-state index contributed by atoms with van der Waals surface area (Å²) in [5.74, 6) is 0.120. The minimum atomic E-state index is -0.595. The zero-order valence-corrected chi connectivity index (χ0v) is 11.5. The Morgan fingerprint density at radius 2 is 2.35 bits per heavy atom. The van der Waals surface area contributed by atoms with Gasteiger partial charge in [0, 0.05) is 32.9 Å². The van der Waals surface area contributed by atoms with Gasteiger partial charge in [-0.3, -0.25) is 10.1 Å². The molecule has 1 N–H and O–H groups in total. The molecule has 0 amide bonds. The zero-order valence-electron chi connectivity index (χ0n) is 11.5. The monoisotopic (exact) mass is 279 g/mol. The highest BCUT2D eigenvalue weighted by Crippen LogP contribution is 2.25. The SMILES string of the molecule is COCCN(C)CCNc1nccc(C#N)c1[N+](=O)[O-]. The van der Waals surface area contributed by atoms with E-state index in [1.54, 1.807) is 13.2 Å². The number of rotatable bonds is 8. The zero-order chi connectivity index (χ0) is 15.0. The van der Waals surface area contributed by atoms with E-state index in [1.165, 1.54) is 12.3 Å². The molecule has 1 heterocycles. The highest BCUT2D eigenvalue weighted by molar-refractivity contribution is 5.63. The van der Waals surface area contributed by atoms with Gasteiger partial charge >= 0.3 is 5.69 Å². The summed E-state index contributed by atoms with van der Waals surface area (Å²) in [7, 11) is 3.56. The maximum Gasteiger partial charge on any atom is 0.328 e. The van der Waals surface area contributed by atoms with Crippen LogP contribution in [0.3, 0.4) is 0 Å². The van der Waals surface area contributed by atoms with Gasteiger partial charge in [-0.25, -0.2) is 4.98 Å². The second-order valence-electron chi connectivity index (χ2n) is 4.15. The molecule has 0 saturated heterocycles. The normalized spacial score (nSPS) is 10.3. The number of likely N-dealkylation sites (N-methyl/N-ethyl adjacent to an activating group) is 1. The molecule has 0 aliphatic heterocycles. The van der Waals surface area contributed by atoms with Gasteiger partial charge in [-0.05, 0) is 13.1 Å². The molecule has 0 aliphatic carbocycles. The molecular formula is C12H17N5O3. The Balaban J connectivity index is 2.65. The second kappa shape index (κ2) is 8.04. The van der Waals surface area contributed by atoms with Crippen LogP contribution in [0.5, 0.6) is 0 Å². The Kier molecular flexibility index (Phi) is 6.36. The number of aromatic nitrogens is 1. The standard InChI is InChI=1S/C12H17N5O3/c1-16(7-8-20-2)6-5-15-12-11(17(18)19)10(9-13)3-4-14-12/h3-4H,5-8H2,1-2H3,(H,14,15). The fraction of sp³-hybridized carbons (Fsp3) is 0.500. The van der Waals surface area contributed by atoms with Crippen molar-refractivity contribution in [2.45, 2.75) is 0 Å². The summed E-state index contributed by atoms with van der Waals surface area (Å²) in [5.41, 5.74) is -0.283. The molecule has 1 rings (SSSR count). The van der Waals surface area contributed by atoms with Crippen LogP contribution >= 0.6 is 0 Å². The molecule has 0 saturated carbocycles. The smallest absolute Gasteiger partial charge is 0.328 e. The van der Waals surface area contributed by atoms with Crippen LogP contribution in [0.25, 0.3) is 0 Å². The Hall–Kier alpha value is -2.24. The van der Waals surface area contributed by atoms with Crippen molar-refractivity contribution in [3.63, 3.8) is 0 Å². The number of pyridine rings is 1. The number of nitrogens with zero attached hydrogens (tertiary/aromatic N) is 4. The summed E-state index contributed by atoms with van der Waals surface area (Å²) in [6.07, 6.45) is 1.38. The minimum Gasteiger partial charge on any atom is -0.383 e. The van der Waals surface area contributed by atoms with Gasteiger partial charge in [-0.15, -0.1) is 0 Å². The van der Waals surface area contributed by atoms with Crippen molar-refractivity contribution in [1.82, 2.24) is 9.88 Å². The third-order valence-electron chi connectivity index (χ3n) is 2.69. The Labute approximate surface area is 117 Å². The first-order valence-electron chi connectivity index (χ1n) is 6.05. The molecule has 8 nitrogen and oxygen atoms in total. The molecule has 0 bridgehead atoms. The highest BCUT2D eigenvalue weighted by atomic mass is 16.6. The molecule has 0 unspecified atom stereocenters. The van der Waals surface area contributed by atoms with E-state index in [-0.39, 0.29) is 17.1 Å². The Morgan fingerprint density at radius 1 is 1.60 bits per heavy atom. The van der Waals surface area contributed by atoms with E-state index in [2.05, 4.69) is 10.3 Å². The molecule has 0 fully saturated rings. The van der Waals surface area contributed by atoms with E-state index >= 15 is 0 Å². The molecule has 0 atom stereocenters. The van der Waals surface area contributed by atoms with Crippen molar-refractivity contribution < 1.29 is 9.66 Å². The van der Waals surface area contributed by atoms with Crippen molar-refractivity contribution in [1.29, 1.82) is 5.26 Å². The van der Waals surface area contributed by atoms with Crippen LogP contribution < -0.4 is 5.32 Å². The summed E-state index contributed by atoms with van der Waals surface area (Å²) in [6, 6.07) is 3.12. The molecule has 20 heavy (non-hydrogen) atoms. The fourth-order valence-electron chi connectivity index (χ4n) is 1.58. The molecule has 0 aromatic carbocycles. The van der Waals surface area contributed by atoms with E-state index in [0.29, 0.717) is 19.7 Å². The van der Waals surface area contributed by atoms with Gasteiger partial charge in [0.15, 0.2) is 0 Å². The van der Waals surface area contributed by atoms with E-state index in [1.807, 2.05) is 11.9 Å². The van der Waals surface area contributed by atoms with Crippen LogP contribution in [0, 0.1) is 21.4 Å². The van der Waals surface area contributed by atoms with Crippen molar-refractivity contribution in [2.75, 3.05) is 45.7 Å². The lowest BCUT2D eigenvalue weighted by atomic mass is 10.2. The number of methoxy groups -OCH3 is 1. The predicted octanol–water partition coefficient (Wildman–Crippen LogP) is 0.852. The molecular weight excluding hydrogens is 262 g/mol. The lowest BCUT2D eigenvalue weighted by Crippen LogP contribution is -2.28. The summed E-state index contributed by atoms with van der Waals surface area (Å²) in [6.45, 7) is 2.56. The van der Waals surface area contributed by atoms with E-state index in [9.17, 15) is 10.1 Å². The number of nitro groups is 1. The van der Waals surface area contributed by atoms with Gasteiger partial charge in [0.1, 0.15) is 11.6 Å². The highest BCUT2D eigenvalue weighted by Gasteiger charge is 2.20. The van der Waals surface area contributed by atoms with Crippen LogP contribution in [0.4, 0.5) is 11.5 Å². The van der Waals surface area contributed by atoms with E-state index in [4.69, 9.17) is 10.00 Å². The molecule has 1 aromatic rings. The summed E-state index contributed by atoms with van der Waals surface area (Å²) in [5, 5.41) is 22.7. The van der Waals surface area contributed by atoms with Crippen LogP contribution in [0.2, 0.25) is 0 Å². The molecule has 0 radical (unpaired) electrons. The lowest BCUT2D eigenvalue weighted by molar-refractivity contribution is -0.384. The average Bonchev–Trinajstić information content (AvgIpc) is 2.44. The van der Waals surface area contributed by atoms with Crippen molar-refractivity contribution in [2.24, 2.45) is 0 Å². The minimum absolute atomic E-state index is 0.000220. The van der Waals surface area contributed by atoms with Gasteiger partial charge in [0.2, 0.25) is 5.82 Å². The van der Waals surface area contributed by atoms with Crippen LogP contribution in [-0.4, -0.2) is 55.2 Å². The quantitative estimate of drug-likeness (QED) is 0.555. The predicted molar refractivity (Wildman–Crippen MR) is 73.5 cm³/mol. The molecule has 0 spiro atoms. The van der Waals surface area contributed by atoms with Crippen LogP contribution in [0.1, 0.15) is 5.56 Å². The third kappa shape index (κ3) is 4.46. The number of nitriles is 1. The van der Waals surface area contributed by atoms with Gasteiger partial charge in [0.05, 0.1) is 11.5 Å². The Bertz CT molecular complexity index is 500. The van der Waals surface area contributed by atoms with E-state index < -0.39 is 4.92 Å². The maximum atomic E-state index is 11.0. The van der Waals surface area contributed by atoms with Crippen LogP contribution in [-0.2, 0) is 4.74 Å². The first kappa shape index (κ1) is 15.8. The maximum absolute atomic E-state index is 11.0. The number of ether oxygens (including phenoxy) is 1. The first-order valence-corrected chi connectivity index (χ1v) is 6.05. The molecule has 108 valence electrons. The lowest BCUT2D eigenvalue weighted by Gasteiger charge is -2.16. The second-order valence-corrected chi connectivity index (χ2v) is 4.15. The number of nitrogens with one attached hydrogen (secondary N) is 1. The summed E-state index contributed by atoms with van der Waals surface area (Å²) >= 11 is 0. The molecule has 0 aliphatic rings. The first-order chi connectivity index (χ1) is 9.60. The van der Waals surface area contributed by atoms with Crippen LogP contribution in [0.15, 0.2) is 12.3 Å². The van der Waals surface area contributed by atoms with Gasteiger partial charge in [-0.1, -0.05) is 0 Å². The largest absolute Gasteiger partial charge is 0.383 e. The summed E-state index contributed by atoms with van der Waals surface area (Å²) in [4.78, 5) is 16.3. The number of hydrogen-bond acceptors (Lipinski definition) is 7. The van der Waals surface area contributed by atoms with Crippen molar-refractivity contribution >= 4 is 11.5 Å². The number of anilines is 1. The topological polar surface area (TPSA) is 104 Å².